The number of benzene rings is 2. The van der Waals surface area contributed by atoms with E-state index in [0.717, 1.165) is 0 Å². The van der Waals surface area contributed by atoms with Crippen LogP contribution in [0.5, 0.6) is 5.75 Å². The highest BCUT2D eigenvalue weighted by atomic mass is 19.4. The van der Waals surface area contributed by atoms with Crippen LogP contribution in [0.2, 0.25) is 0 Å². The molecular formula is C19H16F5NO2. The first kappa shape index (κ1) is 18.0. The van der Waals surface area contributed by atoms with Crippen LogP contribution in [0, 0.1) is 17.6 Å². The summed E-state index contributed by atoms with van der Waals surface area (Å²) in [5.74, 6) is -3.63. The van der Waals surface area contributed by atoms with Crippen LogP contribution in [0.25, 0.3) is 0 Å². The summed E-state index contributed by atoms with van der Waals surface area (Å²) in [6, 6.07) is 6.60. The fraction of sp³-hybridized carbons (Fsp3) is 0.368. The Morgan fingerprint density at radius 3 is 2.63 bits per heavy atom. The number of aromatic hydroxyl groups is 1. The Hall–Kier alpha value is -2.35. The molecule has 2 aromatic rings. The van der Waals surface area contributed by atoms with E-state index in [1.54, 1.807) is 12.1 Å². The first-order chi connectivity index (χ1) is 12.8. The molecule has 0 radical (unpaired) electrons. The van der Waals surface area contributed by atoms with Crippen molar-refractivity contribution < 1.29 is 31.8 Å². The molecule has 4 rings (SSSR count). The molecule has 144 valence electrons. The van der Waals surface area contributed by atoms with Gasteiger partial charge in [-0.25, -0.2) is 8.78 Å². The summed E-state index contributed by atoms with van der Waals surface area (Å²) in [5, 5.41) is 12.7. The Balaban J connectivity index is 1.87. The second-order valence-corrected chi connectivity index (χ2v) is 6.82. The van der Waals surface area contributed by atoms with E-state index in [1.807, 2.05) is 0 Å². The lowest BCUT2D eigenvalue weighted by Crippen LogP contribution is -2.37. The minimum Gasteiger partial charge on any atom is -0.508 e. The van der Waals surface area contributed by atoms with Crippen molar-refractivity contribution in [3.8, 4) is 5.75 Å². The van der Waals surface area contributed by atoms with Crippen molar-refractivity contribution in [2.75, 3.05) is 11.9 Å². The third-order valence-electron chi connectivity index (χ3n) is 5.16. The van der Waals surface area contributed by atoms with Crippen LogP contribution in [0.15, 0.2) is 30.3 Å². The molecule has 3 nitrogen and oxygen atoms in total. The zero-order valence-electron chi connectivity index (χ0n) is 14.0. The summed E-state index contributed by atoms with van der Waals surface area (Å²) < 4.78 is 73.8. The zero-order valence-corrected chi connectivity index (χ0v) is 14.0. The summed E-state index contributed by atoms with van der Waals surface area (Å²) in [4.78, 5) is 0. The molecule has 0 amide bonds. The van der Waals surface area contributed by atoms with Gasteiger partial charge in [-0.05, 0) is 36.6 Å². The molecule has 2 aliphatic heterocycles. The summed E-state index contributed by atoms with van der Waals surface area (Å²) in [5.41, 5.74) is -1.58. The molecule has 2 aliphatic rings. The van der Waals surface area contributed by atoms with Gasteiger partial charge in [0.05, 0.1) is 12.1 Å². The van der Waals surface area contributed by atoms with Gasteiger partial charge in [0.1, 0.15) is 22.9 Å². The van der Waals surface area contributed by atoms with Crippen LogP contribution in [0.4, 0.5) is 27.6 Å². The Morgan fingerprint density at radius 1 is 1.15 bits per heavy atom. The fourth-order valence-electron chi connectivity index (χ4n) is 4.06. The number of halogens is 5. The molecule has 0 unspecified atom stereocenters. The van der Waals surface area contributed by atoms with Gasteiger partial charge in [-0.2, -0.15) is 13.2 Å². The van der Waals surface area contributed by atoms with Gasteiger partial charge in [0, 0.05) is 23.8 Å². The SMILES string of the molecule is Oc1cccc([C@@H]2Nc3cc(F)c(C(F)(F)F)c(F)c3[C@H]3OCCC[C@H]32)c1. The fourth-order valence-corrected chi connectivity index (χ4v) is 4.06. The summed E-state index contributed by atoms with van der Waals surface area (Å²) in [6.07, 6.45) is -4.81. The number of ether oxygens (including phenoxy) is 1. The van der Waals surface area contributed by atoms with Gasteiger partial charge in [0.2, 0.25) is 0 Å². The third-order valence-corrected chi connectivity index (χ3v) is 5.16. The molecule has 8 heteroatoms. The lowest BCUT2D eigenvalue weighted by molar-refractivity contribution is -0.142. The second-order valence-electron chi connectivity index (χ2n) is 6.82. The molecule has 1 fully saturated rings. The van der Waals surface area contributed by atoms with Gasteiger partial charge in [-0.3, -0.25) is 0 Å². The monoisotopic (exact) mass is 385 g/mol. The molecule has 0 aromatic heterocycles. The lowest BCUT2D eigenvalue weighted by Gasteiger charge is -2.43. The quantitative estimate of drug-likeness (QED) is 0.653. The Kier molecular flexibility index (Phi) is 4.25. The molecule has 3 atom stereocenters. The van der Waals surface area contributed by atoms with Crippen LogP contribution in [-0.4, -0.2) is 11.7 Å². The van der Waals surface area contributed by atoms with Crippen LogP contribution in [0.1, 0.15) is 41.7 Å². The number of alkyl halides is 3. The largest absolute Gasteiger partial charge is 0.508 e. The summed E-state index contributed by atoms with van der Waals surface area (Å²) in [6.45, 7) is 0.283. The summed E-state index contributed by atoms with van der Waals surface area (Å²) >= 11 is 0. The van der Waals surface area contributed by atoms with Gasteiger partial charge in [0.25, 0.3) is 0 Å². The van der Waals surface area contributed by atoms with Crippen molar-refractivity contribution in [1.29, 1.82) is 0 Å². The van der Waals surface area contributed by atoms with Crippen LogP contribution in [-0.2, 0) is 10.9 Å². The van der Waals surface area contributed by atoms with Crippen LogP contribution in [0.3, 0.4) is 0 Å². The van der Waals surface area contributed by atoms with Gasteiger partial charge in [-0.15, -0.1) is 0 Å². The Morgan fingerprint density at radius 2 is 1.93 bits per heavy atom. The molecule has 1 saturated heterocycles. The maximum absolute atomic E-state index is 14.8. The highest BCUT2D eigenvalue weighted by Crippen LogP contribution is 2.52. The minimum absolute atomic E-state index is 0.0261. The highest BCUT2D eigenvalue weighted by molar-refractivity contribution is 5.60. The highest BCUT2D eigenvalue weighted by Gasteiger charge is 2.46. The predicted molar refractivity (Wildman–Crippen MR) is 87.2 cm³/mol. The molecule has 0 spiro atoms. The molecule has 0 bridgehead atoms. The van der Waals surface area contributed by atoms with E-state index in [9.17, 15) is 27.1 Å². The normalized spacial score (nSPS) is 24.7. The lowest BCUT2D eigenvalue weighted by atomic mass is 9.77. The minimum atomic E-state index is -5.14. The van der Waals surface area contributed by atoms with E-state index >= 15 is 0 Å². The molecule has 27 heavy (non-hydrogen) atoms. The number of phenols is 1. The average Bonchev–Trinajstić information content (AvgIpc) is 2.59. The van der Waals surface area contributed by atoms with Crippen molar-refractivity contribution in [2.24, 2.45) is 5.92 Å². The van der Waals surface area contributed by atoms with Crippen LogP contribution >= 0.6 is 0 Å². The summed E-state index contributed by atoms with van der Waals surface area (Å²) in [7, 11) is 0. The Labute approximate surface area is 151 Å². The van der Waals surface area contributed by atoms with Crippen molar-refractivity contribution >= 4 is 5.69 Å². The predicted octanol–water partition coefficient (Wildman–Crippen LogP) is 5.32. The topological polar surface area (TPSA) is 41.5 Å². The third kappa shape index (κ3) is 3.01. The maximum Gasteiger partial charge on any atom is 0.422 e. The van der Waals surface area contributed by atoms with Gasteiger partial charge in [-0.1, -0.05) is 12.1 Å². The van der Waals surface area contributed by atoms with E-state index in [4.69, 9.17) is 4.74 Å². The van der Waals surface area contributed by atoms with E-state index in [1.165, 1.54) is 12.1 Å². The number of anilines is 1. The van der Waals surface area contributed by atoms with Crippen molar-refractivity contribution in [3.63, 3.8) is 0 Å². The van der Waals surface area contributed by atoms with E-state index < -0.39 is 35.5 Å². The molecule has 2 heterocycles. The van der Waals surface area contributed by atoms with Crippen molar-refractivity contribution in [1.82, 2.24) is 0 Å². The first-order valence-electron chi connectivity index (χ1n) is 8.53. The smallest absolute Gasteiger partial charge is 0.422 e. The van der Waals surface area contributed by atoms with E-state index in [-0.39, 0.29) is 29.5 Å². The Bertz CT molecular complexity index is 883. The number of phenolic OH excluding ortho intramolecular Hbond substituents is 1. The number of nitrogens with one attached hydrogen (secondary N) is 1. The molecule has 0 aliphatic carbocycles. The first-order valence-corrected chi connectivity index (χ1v) is 8.53. The standard InChI is InChI=1S/C19H16F5NO2/c20-12-8-13-14(16(21)15(12)19(22,23)24)18-11(5-2-6-27-18)17(25-13)9-3-1-4-10(26)7-9/h1,3-4,7-8,11,17-18,25-26H,2,5-6H2/t11-,17-,18-/m0/s1. The van der Waals surface area contributed by atoms with Crippen molar-refractivity contribution in [2.45, 2.75) is 31.2 Å². The molecule has 2 N–H and O–H groups in total. The molecular weight excluding hydrogens is 369 g/mol. The molecule has 2 aromatic carbocycles. The van der Waals surface area contributed by atoms with E-state index in [0.29, 0.717) is 24.5 Å². The zero-order chi connectivity index (χ0) is 19.3. The average molecular weight is 385 g/mol. The van der Waals surface area contributed by atoms with Gasteiger partial charge < -0.3 is 15.2 Å². The number of rotatable bonds is 1. The number of fused-ring (bicyclic) bond motifs is 3. The van der Waals surface area contributed by atoms with E-state index in [2.05, 4.69) is 5.32 Å². The van der Waals surface area contributed by atoms with Crippen molar-refractivity contribution in [3.05, 3.63) is 58.7 Å². The molecule has 0 saturated carbocycles. The number of hydrogen-bond donors (Lipinski definition) is 2. The maximum atomic E-state index is 14.8. The second kappa shape index (κ2) is 6.37. The van der Waals surface area contributed by atoms with Gasteiger partial charge >= 0.3 is 6.18 Å². The van der Waals surface area contributed by atoms with Crippen LogP contribution < -0.4 is 5.32 Å². The number of hydrogen-bond acceptors (Lipinski definition) is 3. The van der Waals surface area contributed by atoms with Gasteiger partial charge in [0.15, 0.2) is 0 Å².